The van der Waals surface area contributed by atoms with E-state index < -0.39 is 16.1 Å². The first kappa shape index (κ1) is 22.0. The molecule has 162 valence electrons. The van der Waals surface area contributed by atoms with Crippen LogP contribution in [0.3, 0.4) is 0 Å². The number of para-hydroxylation sites is 1. The standard InChI is InChI=1S/C22H28N2O5S/c1-15(2)17-7-5-6-8-19(17)28-12-11-23-22(25)21-14-24(30(4,26)27)18-13-16(3)9-10-20(18)29-21/h5-10,13,15,21H,11-12,14H2,1-4H3,(H,23,25)/t21-/m0/s1. The Hall–Kier alpha value is -2.74. The maximum Gasteiger partial charge on any atom is 0.263 e. The molecule has 8 heteroatoms. The number of hydrogen-bond acceptors (Lipinski definition) is 5. The van der Waals surface area contributed by atoms with Crippen molar-refractivity contribution >= 4 is 21.6 Å². The molecule has 0 aliphatic carbocycles. The summed E-state index contributed by atoms with van der Waals surface area (Å²) in [4.78, 5) is 12.6. The van der Waals surface area contributed by atoms with Crippen molar-refractivity contribution in [2.45, 2.75) is 32.8 Å². The van der Waals surface area contributed by atoms with Crippen LogP contribution in [-0.4, -0.2) is 46.4 Å². The number of nitrogens with one attached hydrogen (secondary N) is 1. The van der Waals surface area contributed by atoms with Gasteiger partial charge in [0.2, 0.25) is 10.0 Å². The summed E-state index contributed by atoms with van der Waals surface area (Å²) in [7, 11) is -3.55. The Bertz CT molecular complexity index is 1020. The Labute approximate surface area is 178 Å². The van der Waals surface area contributed by atoms with Gasteiger partial charge in [0, 0.05) is 0 Å². The summed E-state index contributed by atoms with van der Waals surface area (Å²) in [6.45, 7) is 6.57. The molecule has 0 spiro atoms. The van der Waals surface area contributed by atoms with Gasteiger partial charge in [0.15, 0.2) is 6.10 Å². The van der Waals surface area contributed by atoms with Crippen LogP contribution in [-0.2, 0) is 14.8 Å². The monoisotopic (exact) mass is 432 g/mol. The van der Waals surface area contributed by atoms with E-state index in [0.29, 0.717) is 24.0 Å². The van der Waals surface area contributed by atoms with E-state index in [2.05, 4.69) is 19.2 Å². The van der Waals surface area contributed by atoms with E-state index >= 15 is 0 Å². The van der Waals surface area contributed by atoms with Gasteiger partial charge in [0.1, 0.15) is 18.1 Å². The van der Waals surface area contributed by atoms with E-state index in [1.807, 2.05) is 37.3 Å². The third-order valence-corrected chi connectivity index (χ3v) is 6.02. The van der Waals surface area contributed by atoms with Crippen molar-refractivity contribution < 1.29 is 22.7 Å². The SMILES string of the molecule is Cc1ccc2c(c1)N(S(C)(=O)=O)C[C@@H](C(=O)NCCOc1ccccc1C(C)C)O2. The van der Waals surface area contributed by atoms with Crippen LogP contribution in [0.15, 0.2) is 42.5 Å². The molecule has 0 bridgehead atoms. The molecular weight excluding hydrogens is 404 g/mol. The van der Waals surface area contributed by atoms with Gasteiger partial charge >= 0.3 is 0 Å². The molecule has 0 aromatic heterocycles. The van der Waals surface area contributed by atoms with Crippen molar-refractivity contribution in [3.05, 3.63) is 53.6 Å². The van der Waals surface area contributed by atoms with Gasteiger partial charge < -0.3 is 14.8 Å². The molecule has 1 heterocycles. The quantitative estimate of drug-likeness (QED) is 0.680. The maximum absolute atomic E-state index is 12.6. The minimum absolute atomic E-state index is 0.0713. The Morgan fingerprint density at radius 2 is 2.00 bits per heavy atom. The summed E-state index contributed by atoms with van der Waals surface area (Å²) in [5, 5.41) is 2.78. The summed E-state index contributed by atoms with van der Waals surface area (Å²) < 4.78 is 37.3. The lowest BCUT2D eigenvalue weighted by atomic mass is 10.0. The van der Waals surface area contributed by atoms with Crippen LogP contribution >= 0.6 is 0 Å². The summed E-state index contributed by atoms with van der Waals surface area (Å²) in [6, 6.07) is 13.1. The van der Waals surface area contributed by atoms with E-state index in [1.165, 1.54) is 4.31 Å². The molecule has 1 aliphatic heterocycles. The largest absolute Gasteiger partial charge is 0.491 e. The van der Waals surface area contributed by atoms with Crippen molar-refractivity contribution in [2.24, 2.45) is 0 Å². The lowest BCUT2D eigenvalue weighted by molar-refractivity contribution is -0.127. The summed E-state index contributed by atoms with van der Waals surface area (Å²) in [6.07, 6.45) is 0.192. The Balaban J connectivity index is 1.62. The van der Waals surface area contributed by atoms with Gasteiger partial charge in [-0.05, 0) is 42.2 Å². The van der Waals surface area contributed by atoms with Gasteiger partial charge in [0.25, 0.3) is 5.91 Å². The van der Waals surface area contributed by atoms with Gasteiger partial charge in [0.05, 0.1) is 25.0 Å². The minimum atomic E-state index is -3.55. The number of hydrogen-bond donors (Lipinski definition) is 1. The molecule has 1 amide bonds. The third-order valence-electron chi connectivity index (χ3n) is 4.88. The van der Waals surface area contributed by atoms with Crippen molar-refractivity contribution in [1.82, 2.24) is 5.32 Å². The molecule has 2 aromatic rings. The smallest absolute Gasteiger partial charge is 0.263 e. The van der Waals surface area contributed by atoms with Crippen LogP contribution in [0.4, 0.5) is 5.69 Å². The van der Waals surface area contributed by atoms with E-state index in [4.69, 9.17) is 9.47 Å². The highest BCUT2D eigenvalue weighted by Gasteiger charge is 2.34. The molecule has 1 atom stereocenters. The van der Waals surface area contributed by atoms with E-state index in [9.17, 15) is 13.2 Å². The van der Waals surface area contributed by atoms with Gasteiger partial charge in [-0.15, -0.1) is 0 Å². The van der Waals surface area contributed by atoms with Crippen LogP contribution in [0, 0.1) is 6.92 Å². The van der Waals surface area contributed by atoms with E-state index in [-0.39, 0.29) is 19.0 Å². The van der Waals surface area contributed by atoms with Gasteiger partial charge in [-0.25, -0.2) is 8.42 Å². The average molecular weight is 433 g/mol. The number of nitrogens with zero attached hydrogens (tertiary/aromatic N) is 1. The number of benzene rings is 2. The van der Waals surface area contributed by atoms with Gasteiger partial charge in [-0.2, -0.15) is 0 Å². The van der Waals surface area contributed by atoms with E-state index in [0.717, 1.165) is 23.1 Å². The molecule has 3 rings (SSSR count). The predicted octanol–water partition coefficient (Wildman–Crippen LogP) is 2.84. The number of rotatable bonds is 7. The molecule has 1 aliphatic rings. The van der Waals surface area contributed by atoms with Gasteiger partial charge in [-0.3, -0.25) is 9.10 Å². The molecule has 7 nitrogen and oxygen atoms in total. The van der Waals surface area contributed by atoms with Gasteiger partial charge in [-0.1, -0.05) is 38.1 Å². The number of anilines is 1. The summed E-state index contributed by atoms with van der Waals surface area (Å²) in [5.74, 6) is 1.12. The first-order valence-corrected chi connectivity index (χ1v) is 11.8. The molecule has 0 saturated heterocycles. The van der Waals surface area contributed by atoms with E-state index in [1.54, 1.807) is 12.1 Å². The average Bonchev–Trinajstić information content (AvgIpc) is 2.69. The number of amides is 1. The summed E-state index contributed by atoms with van der Waals surface area (Å²) in [5.41, 5.74) is 2.47. The molecule has 0 fully saturated rings. The second-order valence-electron chi connectivity index (χ2n) is 7.70. The maximum atomic E-state index is 12.6. The van der Waals surface area contributed by atoms with Crippen molar-refractivity contribution in [3.63, 3.8) is 0 Å². The first-order chi connectivity index (χ1) is 14.2. The third kappa shape index (κ3) is 5.05. The second-order valence-corrected chi connectivity index (χ2v) is 9.61. The highest BCUT2D eigenvalue weighted by atomic mass is 32.2. The predicted molar refractivity (Wildman–Crippen MR) is 117 cm³/mol. The summed E-state index contributed by atoms with van der Waals surface area (Å²) >= 11 is 0. The fourth-order valence-electron chi connectivity index (χ4n) is 3.35. The van der Waals surface area contributed by atoms with Crippen molar-refractivity contribution in [2.75, 3.05) is 30.3 Å². The molecule has 0 saturated carbocycles. The number of carbonyl (C=O) groups excluding carboxylic acids is 1. The van der Waals surface area contributed by atoms with Crippen LogP contribution in [0.1, 0.15) is 30.9 Å². The Kier molecular flexibility index (Phi) is 6.55. The molecule has 1 N–H and O–H groups in total. The van der Waals surface area contributed by atoms with Crippen LogP contribution < -0.4 is 19.1 Å². The Morgan fingerprint density at radius 3 is 2.70 bits per heavy atom. The minimum Gasteiger partial charge on any atom is -0.491 e. The lowest BCUT2D eigenvalue weighted by Crippen LogP contribution is -2.51. The Morgan fingerprint density at radius 1 is 1.27 bits per heavy atom. The molecule has 30 heavy (non-hydrogen) atoms. The number of fused-ring (bicyclic) bond motifs is 1. The van der Waals surface area contributed by atoms with Crippen molar-refractivity contribution in [3.8, 4) is 11.5 Å². The van der Waals surface area contributed by atoms with Crippen LogP contribution in [0.5, 0.6) is 11.5 Å². The number of ether oxygens (including phenoxy) is 2. The lowest BCUT2D eigenvalue weighted by Gasteiger charge is -2.34. The molecule has 0 unspecified atom stereocenters. The molecule has 2 aromatic carbocycles. The zero-order valence-corrected chi connectivity index (χ0v) is 18.5. The van der Waals surface area contributed by atoms with Crippen LogP contribution in [0.25, 0.3) is 0 Å². The highest BCUT2D eigenvalue weighted by Crippen LogP contribution is 2.35. The second kappa shape index (κ2) is 8.95. The number of aryl methyl sites for hydroxylation is 1. The fraction of sp³-hybridized carbons (Fsp3) is 0.409. The zero-order chi connectivity index (χ0) is 21.9. The molecule has 0 radical (unpaired) electrons. The first-order valence-electron chi connectivity index (χ1n) is 9.91. The highest BCUT2D eigenvalue weighted by molar-refractivity contribution is 7.92. The number of sulfonamides is 1. The van der Waals surface area contributed by atoms with Crippen LogP contribution in [0.2, 0.25) is 0 Å². The topological polar surface area (TPSA) is 84.9 Å². The zero-order valence-electron chi connectivity index (χ0n) is 17.7. The normalized spacial score (nSPS) is 16.0. The molecular formula is C22H28N2O5S. The fourth-order valence-corrected chi connectivity index (χ4v) is 4.26. The van der Waals surface area contributed by atoms with Crippen molar-refractivity contribution in [1.29, 1.82) is 0 Å². The number of carbonyl (C=O) groups is 1.